The summed E-state index contributed by atoms with van der Waals surface area (Å²) < 4.78 is 37.0. The van der Waals surface area contributed by atoms with Crippen LogP contribution in [0.4, 0.5) is 8.78 Å². The van der Waals surface area contributed by atoms with E-state index >= 15 is 0 Å². The highest BCUT2D eigenvalue weighted by Crippen LogP contribution is 2.27. The highest BCUT2D eigenvalue weighted by molar-refractivity contribution is 5.77. The maximum atomic E-state index is 12.4. The Morgan fingerprint density at radius 1 is 1.17 bits per heavy atom. The fourth-order valence-electron chi connectivity index (χ4n) is 4.91. The number of alkyl halides is 2. The van der Waals surface area contributed by atoms with E-state index < -0.39 is 13.0 Å². The molecule has 8 nitrogen and oxygen atoms in total. The molecule has 0 aromatic carbocycles. The van der Waals surface area contributed by atoms with Crippen LogP contribution in [0.15, 0.2) is 24.5 Å². The topological polar surface area (TPSA) is 81.5 Å². The van der Waals surface area contributed by atoms with Crippen LogP contribution in [0.1, 0.15) is 43.4 Å². The summed E-state index contributed by atoms with van der Waals surface area (Å²) in [6.07, 6.45) is 7.95. The van der Waals surface area contributed by atoms with Gasteiger partial charge in [-0.2, -0.15) is 5.10 Å². The van der Waals surface area contributed by atoms with E-state index in [1.165, 1.54) is 5.56 Å². The molecule has 1 saturated carbocycles. The summed E-state index contributed by atoms with van der Waals surface area (Å²) in [5.41, 5.74) is 2.14. The van der Waals surface area contributed by atoms with Crippen molar-refractivity contribution in [1.29, 1.82) is 0 Å². The van der Waals surface area contributed by atoms with E-state index in [0.29, 0.717) is 11.7 Å². The van der Waals surface area contributed by atoms with Gasteiger partial charge in [-0.15, -0.1) is 0 Å². The summed E-state index contributed by atoms with van der Waals surface area (Å²) >= 11 is 0. The quantitative estimate of drug-likeness (QED) is 0.550. The fraction of sp³-hybridized carbons (Fsp3) is 0.640. The molecule has 0 saturated heterocycles. The first kappa shape index (κ1) is 25.3. The van der Waals surface area contributed by atoms with E-state index in [0.717, 1.165) is 70.3 Å². The third kappa shape index (κ3) is 7.88. The average molecular weight is 492 g/mol. The van der Waals surface area contributed by atoms with Crippen molar-refractivity contribution >= 4 is 5.91 Å². The molecule has 0 radical (unpaired) electrons. The molecule has 2 aromatic rings. The number of amides is 1. The predicted octanol–water partition coefficient (Wildman–Crippen LogP) is 3.00. The lowest BCUT2D eigenvalue weighted by Crippen LogP contribution is -2.40. The molecule has 2 aliphatic rings. The van der Waals surface area contributed by atoms with Gasteiger partial charge in [0, 0.05) is 44.4 Å². The number of hydrogen-bond acceptors (Lipinski definition) is 6. The number of halogens is 2. The number of aryl methyl sites for hydroxylation is 1. The molecule has 1 aliphatic heterocycles. The number of fused-ring (bicyclic) bond motifs is 1. The molecular weight excluding hydrogens is 456 g/mol. The third-order valence-corrected chi connectivity index (χ3v) is 6.88. The molecule has 0 unspecified atom stereocenters. The van der Waals surface area contributed by atoms with E-state index in [2.05, 4.69) is 20.3 Å². The Morgan fingerprint density at radius 3 is 2.71 bits per heavy atom. The van der Waals surface area contributed by atoms with Gasteiger partial charge in [0.2, 0.25) is 5.88 Å². The van der Waals surface area contributed by atoms with Gasteiger partial charge in [0.15, 0.2) is 19.0 Å². The number of nitrogens with one attached hydrogen (secondary N) is 1. The zero-order valence-electron chi connectivity index (χ0n) is 20.3. The lowest BCUT2D eigenvalue weighted by molar-refractivity contribution is -0.124. The van der Waals surface area contributed by atoms with E-state index in [1.54, 1.807) is 30.2 Å². The summed E-state index contributed by atoms with van der Waals surface area (Å²) in [4.78, 5) is 19.1. The number of rotatable bonds is 10. The molecule has 1 N–H and O–H groups in total. The van der Waals surface area contributed by atoms with Crippen molar-refractivity contribution in [1.82, 2.24) is 25.0 Å². The Balaban J connectivity index is 1.13. The molecule has 3 heterocycles. The summed E-state index contributed by atoms with van der Waals surface area (Å²) in [6.45, 7) is 2.33. The van der Waals surface area contributed by atoms with Crippen molar-refractivity contribution in [2.24, 2.45) is 13.0 Å². The van der Waals surface area contributed by atoms with E-state index in [1.807, 2.05) is 6.07 Å². The van der Waals surface area contributed by atoms with Gasteiger partial charge in [-0.05, 0) is 56.6 Å². The molecule has 0 atom stereocenters. The number of hydrogen-bond donors (Lipinski definition) is 1. The first-order valence-corrected chi connectivity index (χ1v) is 12.5. The first-order chi connectivity index (χ1) is 16.9. The van der Waals surface area contributed by atoms with Gasteiger partial charge in [0.1, 0.15) is 0 Å². The Morgan fingerprint density at radius 2 is 1.97 bits per heavy atom. The molecule has 0 spiro atoms. The van der Waals surface area contributed by atoms with Crippen LogP contribution in [0.2, 0.25) is 0 Å². The van der Waals surface area contributed by atoms with Gasteiger partial charge in [-0.3, -0.25) is 9.48 Å². The van der Waals surface area contributed by atoms with E-state index in [4.69, 9.17) is 9.47 Å². The highest BCUT2D eigenvalue weighted by atomic mass is 19.3. The smallest absolute Gasteiger partial charge is 0.272 e. The van der Waals surface area contributed by atoms with Crippen LogP contribution in [0.5, 0.6) is 11.6 Å². The van der Waals surface area contributed by atoms with E-state index in [9.17, 15) is 13.6 Å². The molecule has 1 amide bonds. The minimum Gasteiger partial charge on any atom is -0.480 e. The van der Waals surface area contributed by atoms with Crippen molar-refractivity contribution < 1.29 is 23.0 Å². The molecular formula is C25H35F2N5O3. The molecule has 35 heavy (non-hydrogen) atoms. The molecule has 192 valence electrons. The SMILES string of the molecule is Cn1cc(OCC(=O)N[C@H]2CC[C@H](CCN3CCc4ccc(OCC(F)F)nc4CC3)CC2)cn1. The van der Waals surface area contributed by atoms with Crippen LogP contribution in [-0.4, -0.2) is 70.9 Å². The van der Waals surface area contributed by atoms with Gasteiger partial charge in [0.05, 0.1) is 12.4 Å². The molecule has 2 aromatic heterocycles. The van der Waals surface area contributed by atoms with E-state index in [-0.39, 0.29) is 24.4 Å². The average Bonchev–Trinajstić information content (AvgIpc) is 3.16. The predicted molar refractivity (Wildman–Crippen MR) is 127 cm³/mol. The number of carbonyl (C=O) groups is 1. The largest absolute Gasteiger partial charge is 0.480 e. The molecule has 0 bridgehead atoms. The summed E-state index contributed by atoms with van der Waals surface area (Å²) in [7, 11) is 1.81. The van der Waals surface area contributed by atoms with Gasteiger partial charge < -0.3 is 19.7 Å². The number of carbonyl (C=O) groups excluding carboxylic acids is 1. The number of pyridine rings is 1. The maximum absolute atomic E-state index is 12.4. The number of aromatic nitrogens is 3. The van der Waals surface area contributed by atoms with Crippen molar-refractivity contribution in [2.45, 2.75) is 57.4 Å². The molecule has 4 rings (SSSR count). The second-order valence-corrected chi connectivity index (χ2v) is 9.51. The zero-order chi connectivity index (χ0) is 24.6. The van der Waals surface area contributed by atoms with Gasteiger partial charge in [-0.1, -0.05) is 6.07 Å². The van der Waals surface area contributed by atoms with Gasteiger partial charge in [0.25, 0.3) is 12.3 Å². The van der Waals surface area contributed by atoms with Gasteiger partial charge in [-0.25, -0.2) is 13.8 Å². The number of nitrogens with zero attached hydrogens (tertiary/aromatic N) is 4. The summed E-state index contributed by atoms with van der Waals surface area (Å²) in [6, 6.07) is 3.87. The third-order valence-electron chi connectivity index (χ3n) is 6.88. The first-order valence-electron chi connectivity index (χ1n) is 12.5. The van der Waals surface area contributed by atoms with Crippen LogP contribution in [0, 0.1) is 5.92 Å². The molecule has 10 heteroatoms. The van der Waals surface area contributed by atoms with Crippen molar-refractivity contribution in [3.8, 4) is 11.6 Å². The summed E-state index contributed by atoms with van der Waals surface area (Å²) in [5.74, 6) is 1.47. The Hall–Kier alpha value is -2.75. The Labute approximate surface area is 205 Å². The minimum atomic E-state index is -2.50. The monoisotopic (exact) mass is 491 g/mol. The van der Waals surface area contributed by atoms with Gasteiger partial charge >= 0.3 is 0 Å². The minimum absolute atomic E-state index is 0.0116. The standard InChI is InChI=1S/C25H35F2N5O3/c1-31-15-21(14-28-31)34-17-24(33)29-20-5-2-18(3-6-20)8-11-32-12-9-19-4-7-25(35-16-23(26)27)30-22(19)10-13-32/h4,7,14-15,18,20,23H,2-3,5-6,8-13,16-17H2,1H3,(H,29,33)/t18-,20-. The fourth-order valence-corrected chi connectivity index (χ4v) is 4.91. The maximum Gasteiger partial charge on any atom is 0.272 e. The Kier molecular flexibility index (Phi) is 8.90. The van der Waals surface area contributed by atoms with Crippen LogP contribution in [-0.2, 0) is 24.7 Å². The van der Waals surface area contributed by atoms with Crippen LogP contribution in [0.25, 0.3) is 0 Å². The second kappa shape index (κ2) is 12.3. The van der Waals surface area contributed by atoms with Crippen LogP contribution < -0.4 is 14.8 Å². The van der Waals surface area contributed by atoms with Crippen molar-refractivity contribution in [2.75, 3.05) is 32.8 Å². The molecule has 1 fully saturated rings. The Bertz CT molecular complexity index is 962. The second-order valence-electron chi connectivity index (χ2n) is 9.51. The zero-order valence-corrected chi connectivity index (χ0v) is 20.3. The van der Waals surface area contributed by atoms with Crippen molar-refractivity contribution in [3.63, 3.8) is 0 Å². The lowest BCUT2D eigenvalue weighted by Gasteiger charge is -2.30. The lowest BCUT2D eigenvalue weighted by atomic mass is 9.84. The van der Waals surface area contributed by atoms with Crippen molar-refractivity contribution in [3.05, 3.63) is 35.8 Å². The van der Waals surface area contributed by atoms with Crippen LogP contribution >= 0.6 is 0 Å². The van der Waals surface area contributed by atoms with Crippen LogP contribution in [0.3, 0.4) is 0 Å². The summed E-state index contributed by atoms with van der Waals surface area (Å²) in [5, 5.41) is 7.13. The normalized spacial score (nSPS) is 20.8. The highest BCUT2D eigenvalue weighted by Gasteiger charge is 2.24. The number of ether oxygens (including phenoxy) is 2. The molecule has 1 aliphatic carbocycles.